The molecule has 37 heavy (non-hydrogen) atoms. The highest BCUT2D eigenvalue weighted by atomic mass is 28.4. The minimum atomic E-state index is -8.94. The summed E-state index contributed by atoms with van der Waals surface area (Å²) in [6.07, 6.45) is -10.7. The van der Waals surface area contributed by atoms with Gasteiger partial charge < -0.3 is 13.3 Å². The Bertz CT molecular complexity index is 781. The Balaban J connectivity index is 6.75. The molecule has 0 saturated heterocycles. The van der Waals surface area contributed by atoms with Crippen LogP contribution in [0.5, 0.6) is 0 Å². The molecule has 0 aliphatic heterocycles. The number of alkyl halides is 19. The van der Waals surface area contributed by atoms with E-state index in [0.29, 0.717) is 21.3 Å². The number of halogens is 19. The lowest BCUT2D eigenvalue weighted by molar-refractivity contribution is -0.468. The minimum absolute atomic E-state index is 0.623. The Morgan fingerprint density at radius 2 is 0.649 bits per heavy atom. The fourth-order valence-corrected chi connectivity index (χ4v) is 4.15. The second kappa shape index (κ2) is 9.75. The van der Waals surface area contributed by atoms with Crippen molar-refractivity contribution in [3.63, 3.8) is 0 Å². The third-order valence-electron chi connectivity index (χ3n) is 4.86. The second-order valence-corrected chi connectivity index (χ2v) is 10.1. The van der Waals surface area contributed by atoms with E-state index in [1.54, 1.807) is 0 Å². The van der Waals surface area contributed by atoms with Crippen molar-refractivity contribution in [3.05, 3.63) is 0 Å². The first-order valence-corrected chi connectivity index (χ1v) is 10.6. The number of hydrogen-bond acceptors (Lipinski definition) is 3. The van der Waals surface area contributed by atoms with Crippen LogP contribution in [-0.2, 0) is 13.3 Å². The highest BCUT2D eigenvalue weighted by Crippen LogP contribution is 2.65. The molecule has 0 unspecified atom stereocenters. The van der Waals surface area contributed by atoms with E-state index in [0.717, 1.165) is 0 Å². The van der Waals surface area contributed by atoms with Crippen LogP contribution in [0.4, 0.5) is 83.4 Å². The van der Waals surface area contributed by atoms with E-state index < -0.39 is 74.8 Å². The van der Waals surface area contributed by atoms with Crippen molar-refractivity contribution in [2.45, 2.75) is 66.0 Å². The molecule has 224 valence electrons. The van der Waals surface area contributed by atoms with Crippen LogP contribution in [0.2, 0.25) is 6.04 Å². The zero-order chi connectivity index (χ0) is 30.5. The summed E-state index contributed by atoms with van der Waals surface area (Å²) in [6, 6.07) is -1.68. The molecule has 0 N–H and O–H groups in total. The maximum atomic E-state index is 13.9. The summed E-state index contributed by atoms with van der Waals surface area (Å²) in [6.45, 7) is 0. The molecule has 0 atom stereocenters. The molecule has 0 aromatic rings. The van der Waals surface area contributed by atoms with Crippen LogP contribution in [0.25, 0.3) is 0 Å². The molecule has 0 heterocycles. The van der Waals surface area contributed by atoms with Crippen molar-refractivity contribution in [2.75, 3.05) is 21.3 Å². The highest BCUT2D eigenvalue weighted by Gasteiger charge is 2.96. The maximum Gasteiger partial charge on any atom is 0.500 e. The van der Waals surface area contributed by atoms with Gasteiger partial charge >= 0.3 is 62.4 Å². The quantitative estimate of drug-likeness (QED) is 0.166. The van der Waals surface area contributed by atoms with E-state index in [4.69, 9.17) is 0 Å². The zero-order valence-corrected chi connectivity index (χ0v) is 18.8. The van der Waals surface area contributed by atoms with Gasteiger partial charge in [0.05, 0.1) is 0 Å². The van der Waals surface area contributed by atoms with Gasteiger partial charge in [0.25, 0.3) is 0 Å². The van der Waals surface area contributed by atoms with Gasteiger partial charge in [-0.3, -0.25) is 0 Å². The van der Waals surface area contributed by atoms with Crippen molar-refractivity contribution in [1.29, 1.82) is 0 Å². The molecule has 0 fully saturated rings. The third-order valence-corrected chi connectivity index (χ3v) is 7.59. The number of hydrogen-bond donors (Lipinski definition) is 0. The van der Waals surface area contributed by atoms with Crippen LogP contribution in [0.1, 0.15) is 6.42 Å². The van der Waals surface area contributed by atoms with Crippen LogP contribution in [0.3, 0.4) is 0 Å². The van der Waals surface area contributed by atoms with E-state index in [1.807, 2.05) is 0 Å². The zero-order valence-electron chi connectivity index (χ0n) is 17.8. The van der Waals surface area contributed by atoms with E-state index in [2.05, 4.69) is 13.3 Å². The Kier molecular flexibility index (Phi) is 9.42. The molecule has 0 amide bonds. The van der Waals surface area contributed by atoms with Crippen molar-refractivity contribution >= 4 is 8.80 Å². The normalized spacial score (nSPS) is 16.4. The van der Waals surface area contributed by atoms with Crippen molar-refractivity contribution in [2.24, 2.45) is 0 Å². The van der Waals surface area contributed by atoms with Gasteiger partial charge in [-0.1, -0.05) is 0 Å². The molecule has 0 bridgehead atoms. The second-order valence-electron chi connectivity index (χ2n) is 7.02. The van der Waals surface area contributed by atoms with Gasteiger partial charge in [0.15, 0.2) is 0 Å². The summed E-state index contributed by atoms with van der Waals surface area (Å²) >= 11 is 0. The Hall–Kier alpha value is -1.23. The smallest absolute Gasteiger partial charge is 0.377 e. The van der Waals surface area contributed by atoms with Gasteiger partial charge in [0.1, 0.15) is 0 Å². The van der Waals surface area contributed by atoms with Crippen LogP contribution in [0, 0.1) is 0 Å². The molecule has 3 nitrogen and oxygen atoms in total. The highest BCUT2D eigenvalue weighted by molar-refractivity contribution is 6.60. The molecule has 0 aromatic heterocycles. The molecule has 0 spiro atoms. The summed E-state index contributed by atoms with van der Waals surface area (Å²) in [5.74, 6) is -66.7. The van der Waals surface area contributed by atoms with E-state index >= 15 is 0 Å². The standard InChI is InChI=1S/C14H13F19O3Si/c1-34-37(35-2,36-3)5-4-6(15,16)7(17,18)8(19,20)9(21,22)10(23,24)11(25,26)12(27,28)13(29,30)14(31,32)33/h4-5H2,1-3H3. The molecule has 0 aliphatic rings. The van der Waals surface area contributed by atoms with Crippen LogP contribution in [-0.4, -0.2) is 83.7 Å². The first-order chi connectivity index (χ1) is 15.9. The van der Waals surface area contributed by atoms with E-state index in [1.165, 1.54) is 0 Å². The van der Waals surface area contributed by atoms with Crippen LogP contribution in [0.15, 0.2) is 0 Å². The molecular weight excluding hydrogens is 605 g/mol. The fraction of sp³-hybridized carbons (Fsp3) is 1.00. The molecular formula is C14H13F19O3Si. The topological polar surface area (TPSA) is 27.7 Å². The molecule has 0 rings (SSSR count). The van der Waals surface area contributed by atoms with Gasteiger partial charge in [-0.15, -0.1) is 0 Å². The lowest BCUT2D eigenvalue weighted by Gasteiger charge is -2.44. The van der Waals surface area contributed by atoms with Crippen molar-refractivity contribution in [1.82, 2.24) is 0 Å². The summed E-state index contributed by atoms with van der Waals surface area (Å²) in [7, 11) is -2.58. The predicted molar refractivity (Wildman–Crippen MR) is 81.8 cm³/mol. The minimum Gasteiger partial charge on any atom is -0.377 e. The number of rotatable bonds is 13. The largest absolute Gasteiger partial charge is 0.500 e. The van der Waals surface area contributed by atoms with Crippen molar-refractivity contribution < 1.29 is 96.7 Å². The summed E-state index contributed by atoms with van der Waals surface area (Å²) < 4.78 is 265. The van der Waals surface area contributed by atoms with Gasteiger partial charge in [-0.25, -0.2) is 0 Å². The molecule has 0 aliphatic carbocycles. The Morgan fingerprint density at radius 3 is 0.892 bits per heavy atom. The average Bonchev–Trinajstić information content (AvgIpc) is 2.73. The fourth-order valence-electron chi connectivity index (χ4n) is 2.42. The van der Waals surface area contributed by atoms with E-state index in [9.17, 15) is 83.4 Å². The first kappa shape index (κ1) is 35.8. The molecule has 0 aromatic carbocycles. The monoisotopic (exact) mass is 618 g/mol. The van der Waals surface area contributed by atoms with Crippen LogP contribution < -0.4 is 0 Å². The molecule has 0 saturated carbocycles. The first-order valence-electron chi connectivity index (χ1n) is 8.63. The van der Waals surface area contributed by atoms with Gasteiger partial charge in [-0.2, -0.15) is 83.4 Å². The van der Waals surface area contributed by atoms with Gasteiger partial charge in [-0.05, 0) is 0 Å². The third kappa shape index (κ3) is 4.96. The Labute approximate surface area is 194 Å². The summed E-state index contributed by atoms with van der Waals surface area (Å²) in [5.41, 5.74) is 0. The summed E-state index contributed by atoms with van der Waals surface area (Å²) in [4.78, 5) is 0. The lowest BCUT2D eigenvalue weighted by Crippen LogP contribution is -2.75. The van der Waals surface area contributed by atoms with Gasteiger partial charge in [0, 0.05) is 33.8 Å². The average molecular weight is 618 g/mol. The van der Waals surface area contributed by atoms with Crippen molar-refractivity contribution in [3.8, 4) is 0 Å². The predicted octanol–water partition coefficient (Wildman–Crippen LogP) is 6.90. The SMILES string of the molecule is CO[Si](CCC(F)(F)C(F)(F)C(F)(F)C(F)(F)C(F)(F)C(F)(F)C(F)(F)C(F)(F)C(F)(F)F)(OC)OC. The van der Waals surface area contributed by atoms with E-state index in [-0.39, 0.29) is 0 Å². The Morgan fingerprint density at radius 1 is 0.405 bits per heavy atom. The molecule has 0 radical (unpaired) electrons. The van der Waals surface area contributed by atoms with Crippen LogP contribution >= 0.6 is 0 Å². The molecule has 23 heteroatoms. The lowest BCUT2D eigenvalue weighted by atomic mass is 9.87. The van der Waals surface area contributed by atoms with Gasteiger partial charge in [0.2, 0.25) is 0 Å². The maximum absolute atomic E-state index is 13.9. The summed E-state index contributed by atoms with van der Waals surface area (Å²) in [5, 5.41) is 0.